The van der Waals surface area contributed by atoms with Crippen LogP contribution in [-0.4, -0.2) is 45.4 Å². The van der Waals surface area contributed by atoms with Gasteiger partial charge in [-0.1, -0.05) is 93.3 Å². The van der Waals surface area contributed by atoms with E-state index in [1.807, 2.05) is 0 Å². The van der Waals surface area contributed by atoms with E-state index in [0.717, 1.165) is 25.7 Å². The quantitative estimate of drug-likeness (QED) is 0.0510. The average molecular weight is 597 g/mol. The topological polar surface area (TPSA) is 147 Å². The zero-order chi connectivity index (χ0) is 31.6. The van der Waals surface area contributed by atoms with Gasteiger partial charge in [0.15, 0.2) is 17.3 Å². The van der Waals surface area contributed by atoms with Crippen molar-refractivity contribution in [3.8, 4) is 23.0 Å². The van der Waals surface area contributed by atoms with Crippen molar-refractivity contribution in [3.63, 3.8) is 0 Å². The van der Waals surface area contributed by atoms with Crippen LogP contribution in [0.1, 0.15) is 91.6 Å². The number of ketones is 2. The predicted molar refractivity (Wildman–Crippen MR) is 162 cm³/mol. The Hall–Kier alpha value is -5.44. The molecule has 0 radical (unpaired) electrons. The van der Waals surface area contributed by atoms with Crippen molar-refractivity contribution in [2.75, 3.05) is 6.61 Å². The molecule has 0 fully saturated rings. The minimum atomic E-state index is -1.16. The molecule has 0 aliphatic heterocycles. The monoisotopic (exact) mass is 596 g/mol. The number of ether oxygens (including phenoxy) is 2. The van der Waals surface area contributed by atoms with Gasteiger partial charge in [-0.25, -0.2) is 9.59 Å². The van der Waals surface area contributed by atoms with Crippen LogP contribution in [0.3, 0.4) is 0 Å². The summed E-state index contributed by atoms with van der Waals surface area (Å²) in [4.78, 5) is 54.8. The van der Waals surface area contributed by atoms with Gasteiger partial charge in [-0.3, -0.25) is 9.59 Å². The fourth-order valence-corrected chi connectivity index (χ4v) is 4.65. The molecule has 0 bridgehead atoms. The summed E-state index contributed by atoms with van der Waals surface area (Å²) in [5.41, 5.74) is -2.42. The maximum absolute atomic E-state index is 14.1. The third-order valence-corrected chi connectivity index (χ3v) is 6.93. The Bertz CT molecular complexity index is 1660. The summed E-state index contributed by atoms with van der Waals surface area (Å²) in [5.74, 6) is -7.70. The Labute approximate surface area is 254 Å². The maximum Gasteiger partial charge on any atom is 0.343 e. The smallest absolute Gasteiger partial charge is 0.343 e. The standard InChI is InChI=1S/C35H32O9/c1-2-3-4-5-14-21-43-35(42)26-27(29(37)22-15-8-6-9-16-22)31(39)32(40)33(44-34(41)23-17-10-7-11-18-23)28(26)30(38)24-19-12-13-20-25(24)36/h6-13,15-20,36,39-40H,2-5,14,21H2,1H3. The second-order valence-electron chi connectivity index (χ2n) is 10.00. The highest BCUT2D eigenvalue weighted by Crippen LogP contribution is 2.47. The molecule has 9 heteroatoms. The molecule has 4 aromatic rings. The van der Waals surface area contributed by atoms with Crippen LogP contribution in [0.5, 0.6) is 23.0 Å². The second kappa shape index (κ2) is 14.6. The lowest BCUT2D eigenvalue weighted by Gasteiger charge is -2.20. The summed E-state index contributed by atoms with van der Waals surface area (Å²) >= 11 is 0. The fourth-order valence-electron chi connectivity index (χ4n) is 4.65. The van der Waals surface area contributed by atoms with Crippen LogP contribution in [0.15, 0.2) is 84.9 Å². The molecular weight excluding hydrogens is 564 g/mol. The molecule has 0 spiro atoms. The Morgan fingerprint density at radius 2 is 1.18 bits per heavy atom. The molecule has 0 unspecified atom stereocenters. The van der Waals surface area contributed by atoms with E-state index < -0.39 is 63.2 Å². The summed E-state index contributed by atoms with van der Waals surface area (Å²) in [5, 5.41) is 32.9. The van der Waals surface area contributed by atoms with E-state index >= 15 is 0 Å². The molecule has 0 amide bonds. The summed E-state index contributed by atoms with van der Waals surface area (Å²) in [7, 11) is 0. The van der Waals surface area contributed by atoms with Crippen molar-refractivity contribution in [2.24, 2.45) is 0 Å². The molecule has 0 saturated heterocycles. The second-order valence-corrected chi connectivity index (χ2v) is 10.00. The van der Waals surface area contributed by atoms with Crippen LogP contribution >= 0.6 is 0 Å². The molecule has 0 aliphatic carbocycles. The largest absolute Gasteiger partial charge is 0.507 e. The number of rotatable bonds is 13. The number of hydrogen-bond donors (Lipinski definition) is 3. The van der Waals surface area contributed by atoms with E-state index in [-0.39, 0.29) is 23.3 Å². The first kappa shape index (κ1) is 31.5. The number of carbonyl (C=O) groups excluding carboxylic acids is 4. The van der Waals surface area contributed by atoms with Gasteiger partial charge < -0.3 is 24.8 Å². The first-order valence-corrected chi connectivity index (χ1v) is 14.2. The van der Waals surface area contributed by atoms with Crippen molar-refractivity contribution < 1.29 is 44.0 Å². The Morgan fingerprint density at radius 3 is 1.82 bits per heavy atom. The Morgan fingerprint density at radius 1 is 0.591 bits per heavy atom. The lowest BCUT2D eigenvalue weighted by molar-refractivity contribution is 0.0489. The zero-order valence-corrected chi connectivity index (χ0v) is 24.1. The van der Waals surface area contributed by atoms with Crippen molar-refractivity contribution >= 4 is 23.5 Å². The average Bonchev–Trinajstić information content (AvgIpc) is 3.05. The molecule has 3 N–H and O–H groups in total. The number of benzene rings is 4. The number of unbranched alkanes of at least 4 members (excludes halogenated alkanes) is 4. The maximum atomic E-state index is 14.1. The highest BCUT2D eigenvalue weighted by Gasteiger charge is 2.38. The molecule has 0 aliphatic rings. The fraction of sp³-hybridized carbons (Fsp3) is 0.200. The number of aromatic hydroxyl groups is 3. The van der Waals surface area contributed by atoms with Gasteiger partial charge in [-0.05, 0) is 30.7 Å². The van der Waals surface area contributed by atoms with Gasteiger partial charge in [0.05, 0.1) is 34.4 Å². The van der Waals surface area contributed by atoms with E-state index in [2.05, 4.69) is 6.92 Å². The number of phenols is 3. The van der Waals surface area contributed by atoms with Gasteiger partial charge >= 0.3 is 11.9 Å². The van der Waals surface area contributed by atoms with Crippen LogP contribution in [0.25, 0.3) is 0 Å². The first-order valence-electron chi connectivity index (χ1n) is 14.2. The Balaban J connectivity index is 1.95. The van der Waals surface area contributed by atoms with Crippen LogP contribution < -0.4 is 4.74 Å². The van der Waals surface area contributed by atoms with Gasteiger partial charge in [0.25, 0.3) is 0 Å². The van der Waals surface area contributed by atoms with E-state index in [4.69, 9.17) is 9.47 Å². The van der Waals surface area contributed by atoms with Gasteiger partial charge in [0.2, 0.25) is 11.5 Å². The third kappa shape index (κ3) is 6.95. The molecule has 44 heavy (non-hydrogen) atoms. The number of phenolic OH excluding ortho intramolecular Hbond substituents is 3. The molecular formula is C35H32O9. The van der Waals surface area contributed by atoms with Crippen molar-refractivity contribution in [1.29, 1.82) is 0 Å². The Kier molecular flexibility index (Phi) is 10.5. The number of esters is 2. The number of para-hydroxylation sites is 1. The highest BCUT2D eigenvalue weighted by atomic mass is 16.5. The molecule has 0 saturated carbocycles. The van der Waals surface area contributed by atoms with Gasteiger partial charge in [-0.15, -0.1) is 0 Å². The zero-order valence-electron chi connectivity index (χ0n) is 24.1. The minimum Gasteiger partial charge on any atom is -0.507 e. The van der Waals surface area contributed by atoms with E-state index in [1.165, 1.54) is 48.5 Å². The first-order chi connectivity index (χ1) is 21.3. The van der Waals surface area contributed by atoms with E-state index in [0.29, 0.717) is 6.42 Å². The van der Waals surface area contributed by atoms with Crippen molar-refractivity contribution in [1.82, 2.24) is 0 Å². The lowest BCUT2D eigenvalue weighted by atomic mass is 9.88. The summed E-state index contributed by atoms with van der Waals surface area (Å²) in [6.45, 7) is 2.00. The normalized spacial score (nSPS) is 10.7. The van der Waals surface area contributed by atoms with E-state index in [1.54, 1.807) is 36.4 Å². The van der Waals surface area contributed by atoms with Gasteiger partial charge in [0.1, 0.15) is 5.75 Å². The summed E-state index contributed by atoms with van der Waals surface area (Å²) in [6, 6.07) is 20.7. The lowest BCUT2D eigenvalue weighted by Crippen LogP contribution is -2.22. The molecule has 4 rings (SSSR count). The molecule has 9 nitrogen and oxygen atoms in total. The van der Waals surface area contributed by atoms with Crippen LogP contribution in [-0.2, 0) is 4.74 Å². The van der Waals surface area contributed by atoms with E-state index in [9.17, 15) is 34.5 Å². The molecule has 0 atom stereocenters. The molecule has 226 valence electrons. The molecule has 0 heterocycles. The minimum absolute atomic E-state index is 0.0332. The van der Waals surface area contributed by atoms with Gasteiger partial charge in [0, 0.05) is 5.56 Å². The SMILES string of the molecule is CCCCCCCOC(=O)c1c(C(=O)c2ccccc2)c(O)c(O)c(OC(=O)c2ccccc2)c1C(=O)c1ccccc1O. The summed E-state index contributed by atoms with van der Waals surface area (Å²) in [6.07, 6.45) is 4.20. The van der Waals surface area contributed by atoms with Crippen molar-refractivity contribution in [3.05, 3.63) is 118 Å². The van der Waals surface area contributed by atoms with Crippen LogP contribution in [0.2, 0.25) is 0 Å². The molecule has 0 aromatic heterocycles. The highest BCUT2D eigenvalue weighted by molar-refractivity contribution is 6.24. The summed E-state index contributed by atoms with van der Waals surface area (Å²) < 4.78 is 10.9. The number of carbonyl (C=O) groups is 4. The van der Waals surface area contributed by atoms with Gasteiger partial charge in [-0.2, -0.15) is 0 Å². The van der Waals surface area contributed by atoms with Crippen LogP contribution in [0, 0.1) is 0 Å². The number of hydrogen-bond acceptors (Lipinski definition) is 9. The van der Waals surface area contributed by atoms with Crippen LogP contribution in [0.4, 0.5) is 0 Å². The predicted octanol–water partition coefficient (Wildman–Crippen LogP) is 6.61. The van der Waals surface area contributed by atoms with Crippen molar-refractivity contribution in [2.45, 2.75) is 39.0 Å². The third-order valence-electron chi connectivity index (χ3n) is 6.93. The molecule has 4 aromatic carbocycles.